The van der Waals surface area contributed by atoms with Gasteiger partial charge in [-0.15, -0.1) is 0 Å². The second-order valence-corrected chi connectivity index (χ2v) is 5.49. The van der Waals surface area contributed by atoms with Crippen molar-refractivity contribution in [3.05, 3.63) is 23.8 Å². The number of ether oxygens (including phenoxy) is 2. The molecule has 5 nitrogen and oxygen atoms in total. The van der Waals surface area contributed by atoms with Crippen LogP contribution in [0.2, 0.25) is 0 Å². The van der Waals surface area contributed by atoms with E-state index in [1.54, 1.807) is 14.2 Å². The minimum absolute atomic E-state index is 0.214. The number of amides is 1. The lowest BCUT2D eigenvalue weighted by Crippen LogP contribution is -2.59. The topological polar surface area (TPSA) is 73.6 Å². The predicted octanol–water partition coefficient (Wildman–Crippen LogP) is 1.49. The van der Waals surface area contributed by atoms with Gasteiger partial charge < -0.3 is 20.5 Å². The number of hydrogen-bond acceptors (Lipinski definition) is 4. The summed E-state index contributed by atoms with van der Waals surface area (Å²) in [4.78, 5) is 11.9. The molecular formula is C16H24N2O3. The maximum absolute atomic E-state index is 11.9. The molecule has 0 heterocycles. The standard InChI is InChI=1S/C16H24N2O3/c1-4-11-5-8-13(14(9-11)20-3)21-10-16(18-2,15(17)19)12-6-7-12/h5,8-9,12,18H,4,6-7,10H2,1-3H3,(H2,17,19). The molecule has 0 spiro atoms. The van der Waals surface area contributed by atoms with E-state index in [1.807, 2.05) is 18.2 Å². The zero-order valence-corrected chi connectivity index (χ0v) is 12.9. The van der Waals surface area contributed by atoms with Gasteiger partial charge in [0.15, 0.2) is 11.5 Å². The van der Waals surface area contributed by atoms with Gasteiger partial charge in [-0.1, -0.05) is 13.0 Å². The average Bonchev–Trinajstić information content (AvgIpc) is 3.33. The van der Waals surface area contributed by atoms with Crippen LogP contribution < -0.4 is 20.5 Å². The lowest BCUT2D eigenvalue weighted by atomic mass is 9.93. The summed E-state index contributed by atoms with van der Waals surface area (Å²) in [5, 5.41) is 3.07. The van der Waals surface area contributed by atoms with Crippen LogP contribution in [0.25, 0.3) is 0 Å². The third-order valence-corrected chi connectivity index (χ3v) is 4.25. The summed E-state index contributed by atoms with van der Waals surface area (Å²) in [5.41, 5.74) is 5.97. The maximum atomic E-state index is 11.9. The van der Waals surface area contributed by atoms with Crippen molar-refractivity contribution in [2.45, 2.75) is 31.7 Å². The van der Waals surface area contributed by atoms with Crippen LogP contribution in [0.4, 0.5) is 0 Å². The van der Waals surface area contributed by atoms with Gasteiger partial charge in [-0.05, 0) is 49.9 Å². The highest BCUT2D eigenvalue weighted by Crippen LogP contribution is 2.40. The molecule has 0 aliphatic heterocycles. The van der Waals surface area contributed by atoms with Gasteiger partial charge in [0.25, 0.3) is 0 Å². The second kappa shape index (κ2) is 6.35. The lowest BCUT2D eigenvalue weighted by molar-refractivity contribution is -0.126. The molecule has 116 valence electrons. The Morgan fingerprint density at radius 2 is 2.14 bits per heavy atom. The van der Waals surface area contributed by atoms with Gasteiger partial charge >= 0.3 is 0 Å². The van der Waals surface area contributed by atoms with E-state index in [0.29, 0.717) is 11.5 Å². The summed E-state index contributed by atoms with van der Waals surface area (Å²) < 4.78 is 11.2. The van der Waals surface area contributed by atoms with Gasteiger partial charge in [-0.3, -0.25) is 4.79 Å². The van der Waals surface area contributed by atoms with Crippen LogP contribution in [0.15, 0.2) is 18.2 Å². The first-order valence-corrected chi connectivity index (χ1v) is 7.36. The van der Waals surface area contributed by atoms with Gasteiger partial charge in [0.1, 0.15) is 12.1 Å². The van der Waals surface area contributed by atoms with E-state index in [2.05, 4.69) is 12.2 Å². The largest absolute Gasteiger partial charge is 0.493 e. The van der Waals surface area contributed by atoms with Crippen molar-refractivity contribution < 1.29 is 14.3 Å². The number of carbonyl (C=O) groups excluding carboxylic acids is 1. The van der Waals surface area contributed by atoms with Crippen molar-refractivity contribution in [2.75, 3.05) is 20.8 Å². The van der Waals surface area contributed by atoms with E-state index >= 15 is 0 Å². The van der Waals surface area contributed by atoms with Gasteiger partial charge in [-0.2, -0.15) is 0 Å². The molecule has 21 heavy (non-hydrogen) atoms. The zero-order valence-electron chi connectivity index (χ0n) is 12.9. The number of nitrogens with one attached hydrogen (secondary N) is 1. The van der Waals surface area contributed by atoms with Crippen LogP contribution in [0.5, 0.6) is 11.5 Å². The molecule has 1 aliphatic rings. The van der Waals surface area contributed by atoms with Crippen molar-refractivity contribution in [2.24, 2.45) is 11.7 Å². The summed E-state index contributed by atoms with van der Waals surface area (Å²) in [6.07, 6.45) is 2.93. The fourth-order valence-electron chi connectivity index (χ4n) is 2.61. The van der Waals surface area contributed by atoms with Crippen molar-refractivity contribution in [3.63, 3.8) is 0 Å². The molecule has 1 amide bonds. The summed E-state index contributed by atoms with van der Waals surface area (Å²) in [5.74, 6) is 1.20. The van der Waals surface area contributed by atoms with Crippen LogP contribution >= 0.6 is 0 Å². The Bertz CT molecular complexity index is 514. The molecule has 1 aromatic carbocycles. The maximum Gasteiger partial charge on any atom is 0.241 e. The molecule has 2 rings (SSSR count). The average molecular weight is 292 g/mol. The van der Waals surface area contributed by atoms with Crippen LogP contribution in [0.3, 0.4) is 0 Å². The molecule has 0 saturated heterocycles. The highest BCUT2D eigenvalue weighted by Gasteiger charge is 2.49. The number of aryl methyl sites for hydroxylation is 1. The van der Waals surface area contributed by atoms with Crippen molar-refractivity contribution in [1.29, 1.82) is 0 Å². The minimum Gasteiger partial charge on any atom is -0.493 e. The number of hydrogen-bond donors (Lipinski definition) is 2. The first kappa shape index (κ1) is 15.6. The number of carbonyl (C=O) groups is 1. The number of primary amides is 1. The summed E-state index contributed by atoms with van der Waals surface area (Å²) in [6.45, 7) is 2.30. The van der Waals surface area contributed by atoms with E-state index in [0.717, 1.165) is 19.3 Å². The Morgan fingerprint density at radius 1 is 1.43 bits per heavy atom. The first-order valence-electron chi connectivity index (χ1n) is 7.36. The summed E-state index contributed by atoms with van der Waals surface area (Å²) in [6, 6.07) is 5.84. The minimum atomic E-state index is -0.797. The first-order chi connectivity index (χ1) is 10.1. The van der Waals surface area contributed by atoms with Crippen molar-refractivity contribution >= 4 is 5.91 Å². The molecule has 0 aromatic heterocycles. The summed E-state index contributed by atoms with van der Waals surface area (Å²) >= 11 is 0. The van der Waals surface area contributed by atoms with Gasteiger partial charge in [-0.25, -0.2) is 0 Å². The molecule has 0 bridgehead atoms. The Balaban J connectivity index is 2.16. The normalized spacial score (nSPS) is 17.1. The third kappa shape index (κ3) is 3.13. The molecular weight excluding hydrogens is 268 g/mol. The number of methoxy groups -OCH3 is 1. The number of likely N-dealkylation sites (N-methyl/N-ethyl adjacent to an activating group) is 1. The van der Waals surface area contributed by atoms with E-state index in [4.69, 9.17) is 15.2 Å². The third-order valence-electron chi connectivity index (χ3n) is 4.25. The molecule has 1 saturated carbocycles. The van der Waals surface area contributed by atoms with E-state index in [9.17, 15) is 4.79 Å². The van der Waals surface area contributed by atoms with Crippen LogP contribution in [-0.4, -0.2) is 32.2 Å². The molecule has 1 unspecified atom stereocenters. The van der Waals surface area contributed by atoms with Crippen molar-refractivity contribution in [3.8, 4) is 11.5 Å². The zero-order chi connectivity index (χ0) is 15.5. The van der Waals surface area contributed by atoms with Crippen LogP contribution in [-0.2, 0) is 11.2 Å². The number of benzene rings is 1. The van der Waals surface area contributed by atoms with Crippen molar-refractivity contribution in [1.82, 2.24) is 5.32 Å². The molecule has 1 atom stereocenters. The number of nitrogens with two attached hydrogens (primary N) is 1. The molecule has 1 fully saturated rings. The Hall–Kier alpha value is -1.75. The highest BCUT2D eigenvalue weighted by atomic mass is 16.5. The van der Waals surface area contributed by atoms with Crippen LogP contribution in [0, 0.1) is 5.92 Å². The van der Waals surface area contributed by atoms with E-state index in [1.165, 1.54) is 5.56 Å². The van der Waals surface area contributed by atoms with E-state index < -0.39 is 5.54 Å². The fourth-order valence-corrected chi connectivity index (χ4v) is 2.61. The smallest absolute Gasteiger partial charge is 0.241 e. The molecule has 1 aromatic rings. The molecule has 3 N–H and O–H groups in total. The number of rotatable bonds is 8. The van der Waals surface area contributed by atoms with Gasteiger partial charge in [0.2, 0.25) is 5.91 Å². The SMILES string of the molecule is CCc1ccc(OCC(NC)(C(N)=O)C2CC2)c(OC)c1. The Kier molecular flexibility index (Phi) is 4.73. The molecule has 1 aliphatic carbocycles. The highest BCUT2D eigenvalue weighted by molar-refractivity contribution is 5.85. The molecule has 0 radical (unpaired) electrons. The predicted molar refractivity (Wildman–Crippen MR) is 81.6 cm³/mol. The molecule has 5 heteroatoms. The second-order valence-electron chi connectivity index (χ2n) is 5.49. The monoisotopic (exact) mass is 292 g/mol. The Morgan fingerprint density at radius 3 is 2.62 bits per heavy atom. The lowest BCUT2D eigenvalue weighted by Gasteiger charge is -2.30. The van der Waals surface area contributed by atoms with Gasteiger partial charge in [0, 0.05) is 0 Å². The van der Waals surface area contributed by atoms with Crippen LogP contribution in [0.1, 0.15) is 25.3 Å². The van der Waals surface area contributed by atoms with Gasteiger partial charge in [0.05, 0.1) is 7.11 Å². The fraction of sp³-hybridized carbons (Fsp3) is 0.562. The summed E-state index contributed by atoms with van der Waals surface area (Å²) in [7, 11) is 3.37. The van der Waals surface area contributed by atoms with E-state index in [-0.39, 0.29) is 18.4 Å². The Labute approximate surface area is 125 Å². The quantitative estimate of drug-likeness (QED) is 0.761.